The predicted molar refractivity (Wildman–Crippen MR) is 83.5 cm³/mol. The zero-order chi connectivity index (χ0) is 17.2. The molecule has 1 fully saturated rings. The highest BCUT2D eigenvalue weighted by atomic mass is 19.3. The number of aromatic nitrogens is 2. The van der Waals surface area contributed by atoms with Crippen molar-refractivity contribution in [1.29, 1.82) is 0 Å². The van der Waals surface area contributed by atoms with Crippen LogP contribution in [0.2, 0.25) is 0 Å². The van der Waals surface area contributed by atoms with Gasteiger partial charge in [-0.2, -0.15) is 18.6 Å². The van der Waals surface area contributed by atoms with Crippen LogP contribution in [-0.4, -0.2) is 26.8 Å². The topological polar surface area (TPSA) is 67.2 Å². The van der Waals surface area contributed by atoms with E-state index in [0.717, 1.165) is 5.56 Å². The summed E-state index contributed by atoms with van der Waals surface area (Å²) in [5.74, 6) is -0.567. The average molecular weight is 335 g/mol. The maximum absolute atomic E-state index is 12.8. The summed E-state index contributed by atoms with van der Waals surface area (Å²) < 4.78 is 26.0. The number of carbonyl (C=O) groups excluding carboxylic acids is 1. The number of benzene rings is 1. The van der Waals surface area contributed by atoms with Gasteiger partial charge < -0.3 is 10.4 Å². The van der Waals surface area contributed by atoms with Crippen LogP contribution in [0.4, 0.5) is 8.78 Å². The van der Waals surface area contributed by atoms with Crippen molar-refractivity contribution in [2.45, 2.75) is 43.9 Å². The molecule has 0 spiro atoms. The van der Waals surface area contributed by atoms with Crippen LogP contribution in [0.5, 0.6) is 0 Å². The minimum absolute atomic E-state index is 0.150. The van der Waals surface area contributed by atoms with Crippen molar-refractivity contribution in [3.8, 4) is 0 Å². The summed E-state index contributed by atoms with van der Waals surface area (Å²) in [5, 5.41) is 17.0. The first-order chi connectivity index (χ1) is 11.5. The molecule has 3 rings (SSSR count). The van der Waals surface area contributed by atoms with E-state index in [4.69, 9.17) is 0 Å². The van der Waals surface area contributed by atoms with E-state index in [0.29, 0.717) is 30.4 Å². The van der Waals surface area contributed by atoms with Gasteiger partial charge in [0.15, 0.2) is 0 Å². The highest BCUT2D eigenvalue weighted by Crippen LogP contribution is 2.37. The molecular formula is C17H19F2N3O2. The van der Waals surface area contributed by atoms with E-state index in [-0.39, 0.29) is 11.7 Å². The molecule has 1 amide bonds. The first-order valence-corrected chi connectivity index (χ1v) is 7.90. The van der Waals surface area contributed by atoms with Crippen molar-refractivity contribution >= 4 is 5.91 Å². The van der Waals surface area contributed by atoms with Gasteiger partial charge in [0.05, 0.1) is 5.60 Å². The number of carbonyl (C=O) groups is 1. The number of alkyl halides is 2. The lowest BCUT2D eigenvalue weighted by atomic mass is 9.78. The van der Waals surface area contributed by atoms with Crippen LogP contribution in [0.3, 0.4) is 0 Å². The highest BCUT2D eigenvalue weighted by molar-refractivity contribution is 5.92. The predicted octanol–water partition coefficient (Wildman–Crippen LogP) is 2.84. The van der Waals surface area contributed by atoms with Gasteiger partial charge in [0.25, 0.3) is 5.91 Å². The quantitative estimate of drug-likeness (QED) is 0.903. The van der Waals surface area contributed by atoms with Crippen LogP contribution in [0.15, 0.2) is 42.6 Å². The third-order valence-corrected chi connectivity index (χ3v) is 4.55. The molecule has 1 aliphatic rings. The molecule has 24 heavy (non-hydrogen) atoms. The summed E-state index contributed by atoms with van der Waals surface area (Å²) in [4.78, 5) is 12.2. The summed E-state index contributed by atoms with van der Waals surface area (Å²) >= 11 is 0. The van der Waals surface area contributed by atoms with Gasteiger partial charge in [-0.15, -0.1) is 0 Å². The normalized spacial score (nSPS) is 24.1. The number of halogens is 2. The van der Waals surface area contributed by atoms with E-state index in [9.17, 15) is 18.7 Å². The lowest BCUT2D eigenvalue weighted by Crippen LogP contribution is -2.42. The van der Waals surface area contributed by atoms with E-state index >= 15 is 0 Å². The Morgan fingerprint density at radius 1 is 1.25 bits per heavy atom. The van der Waals surface area contributed by atoms with E-state index < -0.39 is 18.1 Å². The first-order valence-electron chi connectivity index (χ1n) is 7.90. The van der Waals surface area contributed by atoms with Gasteiger partial charge in [0.1, 0.15) is 5.69 Å². The molecule has 0 atom stereocenters. The fraction of sp³-hybridized carbons (Fsp3) is 0.412. The molecule has 1 heterocycles. The van der Waals surface area contributed by atoms with E-state index in [2.05, 4.69) is 10.4 Å². The summed E-state index contributed by atoms with van der Waals surface area (Å²) in [6.07, 6.45) is 3.36. The third-order valence-electron chi connectivity index (χ3n) is 4.55. The SMILES string of the molecule is O=C(NC1CCC(O)(c2ccccc2)CC1)c1ccnn1C(F)F. The lowest BCUT2D eigenvalue weighted by molar-refractivity contribution is -0.00817. The minimum atomic E-state index is -2.85. The molecule has 0 aliphatic heterocycles. The van der Waals surface area contributed by atoms with Crippen molar-refractivity contribution in [3.05, 3.63) is 53.9 Å². The molecule has 128 valence electrons. The van der Waals surface area contributed by atoms with Crippen LogP contribution < -0.4 is 5.32 Å². The molecule has 7 heteroatoms. The van der Waals surface area contributed by atoms with Crippen LogP contribution in [-0.2, 0) is 5.60 Å². The maximum Gasteiger partial charge on any atom is 0.333 e. The number of rotatable bonds is 4. The lowest BCUT2D eigenvalue weighted by Gasteiger charge is -2.36. The standard InChI is InChI=1S/C17H19F2N3O2/c18-16(19)22-14(8-11-20-22)15(23)21-13-6-9-17(24,10-7-13)12-4-2-1-3-5-12/h1-5,8,11,13,16,24H,6-7,9-10H2,(H,21,23). The number of nitrogens with one attached hydrogen (secondary N) is 1. The van der Waals surface area contributed by atoms with Gasteiger partial charge in [0.2, 0.25) is 0 Å². The van der Waals surface area contributed by atoms with Crippen molar-refractivity contribution < 1.29 is 18.7 Å². The van der Waals surface area contributed by atoms with Crippen molar-refractivity contribution in [2.24, 2.45) is 0 Å². The molecule has 5 nitrogen and oxygen atoms in total. The Morgan fingerprint density at radius 2 is 1.92 bits per heavy atom. The Kier molecular flexibility index (Phi) is 4.62. The summed E-state index contributed by atoms with van der Waals surface area (Å²) in [6, 6.07) is 10.6. The Morgan fingerprint density at radius 3 is 2.54 bits per heavy atom. The molecule has 1 aliphatic carbocycles. The number of hydrogen-bond acceptors (Lipinski definition) is 3. The fourth-order valence-corrected chi connectivity index (χ4v) is 3.19. The molecule has 0 saturated heterocycles. The van der Waals surface area contributed by atoms with Crippen LogP contribution in [0.1, 0.15) is 48.3 Å². The summed E-state index contributed by atoms with van der Waals surface area (Å²) in [6.45, 7) is -2.85. The zero-order valence-corrected chi connectivity index (χ0v) is 13.0. The Balaban J connectivity index is 1.61. The average Bonchev–Trinajstić information content (AvgIpc) is 3.08. The van der Waals surface area contributed by atoms with Crippen LogP contribution in [0, 0.1) is 0 Å². The van der Waals surface area contributed by atoms with Gasteiger partial charge in [-0.05, 0) is 37.3 Å². The molecule has 0 radical (unpaired) electrons. The number of nitrogens with zero attached hydrogens (tertiary/aromatic N) is 2. The second-order valence-electron chi connectivity index (χ2n) is 6.08. The van der Waals surface area contributed by atoms with E-state index in [1.54, 1.807) is 0 Å². The monoisotopic (exact) mass is 335 g/mol. The van der Waals surface area contributed by atoms with Gasteiger partial charge in [-0.1, -0.05) is 30.3 Å². The molecular weight excluding hydrogens is 316 g/mol. The Hall–Kier alpha value is -2.28. The van der Waals surface area contributed by atoms with Crippen molar-refractivity contribution in [1.82, 2.24) is 15.1 Å². The molecule has 0 unspecified atom stereocenters. The maximum atomic E-state index is 12.8. The Labute approximate surface area is 138 Å². The smallest absolute Gasteiger partial charge is 0.333 e. The zero-order valence-electron chi connectivity index (χ0n) is 13.0. The van der Waals surface area contributed by atoms with Crippen molar-refractivity contribution in [2.75, 3.05) is 0 Å². The number of hydrogen-bond donors (Lipinski definition) is 2. The van der Waals surface area contributed by atoms with E-state index in [1.165, 1.54) is 12.3 Å². The van der Waals surface area contributed by atoms with Crippen LogP contribution in [0.25, 0.3) is 0 Å². The van der Waals surface area contributed by atoms with Crippen molar-refractivity contribution in [3.63, 3.8) is 0 Å². The second kappa shape index (κ2) is 6.68. The third kappa shape index (κ3) is 3.31. The molecule has 1 aromatic carbocycles. The molecule has 0 bridgehead atoms. The number of aliphatic hydroxyl groups is 1. The first kappa shape index (κ1) is 16.6. The van der Waals surface area contributed by atoms with E-state index in [1.807, 2.05) is 30.3 Å². The molecule has 2 N–H and O–H groups in total. The minimum Gasteiger partial charge on any atom is -0.385 e. The summed E-state index contributed by atoms with van der Waals surface area (Å²) in [5.41, 5.74) is -0.188. The number of amides is 1. The van der Waals surface area contributed by atoms with Gasteiger partial charge in [0, 0.05) is 12.2 Å². The summed E-state index contributed by atoms with van der Waals surface area (Å²) in [7, 11) is 0. The van der Waals surface area contributed by atoms with Gasteiger partial charge in [-0.3, -0.25) is 4.79 Å². The van der Waals surface area contributed by atoms with Gasteiger partial charge >= 0.3 is 6.55 Å². The second-order valence-corrected chi connectivity index (χ2v) is 6.08. The van der Waals surface area contributed by atoms with Crippen LogP contribution >= 0.6 is 0 Å². The Bertz CT molecular complexity index is 695. The molecule has 2 aromatic rings. The van der Waals surface area contributed by atoms with Gasteiger partial charge in [-0.25, -0.2) is 0 Å². The fourth-order valence-electron chi connectivity index (χ4n) is 3.19. The highest BCUT2D eigenvalue weighted by Gasteiger charge is 2.35. The largest absolute Gasteiger partial charge is 0.385 e. The molecule has 1 saturated carbocycles. The molecule has 1 aromatic heterocycles.